The van der Waals surface area contributed by atoms with Gasteiger partial charge in [0.1, 0.15) is 0 Å². The van der Waals surface area contributed by atoms with Crippen LogP contribution in [0.5, 0.6) is 0 Å². The maximum Gasteiger partial charge on any atom is 0.448 e. The largest absolute Gasteiger partial charge is 0.491 e. The van der Waals surface area contributed by atoms with Gasteiger partial charge in [-0.05, 0) is 32.8 Å². The lowest BCUT2D eigenvalue weighted by Crippen LogP contribution is -2.10. The highest BCUT2D eigenvalue weighted by atomic mass is 32.1. The van der Waals surface area contributed by atoms with E-state index >= 15 is 0 Å². The molecular formula is C37H104B3F2O13S. The summed E-state index contributed by atoms with van der Waals surface area (Å²) in [7, 11) is 3.88. The molecule has 359 valence electrons. The molecule has 0 aliphatic rings. The minimum atomic E-state index is -2.96. The Kier molecular flexibility index (Phi) is 490. The first-order valence-electron chi connectivity index (χ1n) is 16.0. The second kappa shape index (κ2) is 197. The molecule has 19 heteroatoms. The van der Waals surface area contributed by atoms with Gasteiger partial charge >= 0.3 is 32.3 Å². The Morgan fingerprint density at radius 1 is 0.607 bits per heavy atom. The molecule has 0 aromatic rings. The third-order valence-electron chi connectivity index (χ3n) is 1.22. The van der Waals surface area contributed by atoms with E-state index in [0.29, 0.717) is 12.0 Å². The minimum absolute atomic E-state index is 0. The summed E-state index contributed by atoms with van der Waals surface area (Å²) in [5, 5.41) is 45.4. The summed E-state index contributed by atoms with van der Waals surface area (Å²) in [6, 6.07) is 0. The number of ether oxygens (including phenoxy) is 4. The Bertz CT molecular complexity index is 464. The number of aliphatic carboxylic acids is 1. The predicted molar refractivity (Wildman–Crippen MR) is 255 cm³/mol. The highest BCUT2D eigenvalue weighted by molar-refractivity contribution is 7.80. The summed E-state index contributed by atoms with van der Waals surface area (Å²) >= 11 is 4.47. The monoisotopic (exact) mass is 860 g/mol. The molecule has 3 radical (unpaired) electrons. The lowest BCUT2D eigenvalue weighted by atomic mass is 9.99. The zero-order chi connectivity index (χ0) is 45.5. The molecule has 0 spiro atoms. The van der Waals surface area contributed by atoms with Gasteiger partial charge in [-0.15, -0.1) is 6.58 Å². The summed E-state index contributed by atoms with van der Waals surface area (Å²) in [6.07, 6.45) is -1.21. The Labute approximate surface area is 359 Å². The summed E-state index contributed by atoms with van der Waals surface area (Å²) in [5.74, 6) is -1.32. The standard InChI is InChI=1S/C3H6F2O.2C3H6O2.C3H6OS.C3H6.C2H4O2.6C2H6.2CH5BO2.CH4O.5CH4.B/c1-3(4,5)6-2;2*1-3(4)5-2;1-3(5)4-2;1-3-2;1-2(3)4;6*1-2;2*1-2(3)4;1-2;;;;;;/h1-2H3;3*1-2H3;3H,1H2,2H3;1H3,(H,3,4);6*1-2H3;2*3-4H,1H3;2H,1H3;5*1H4;. The van der Waals surface area contributed by atoms with Crippen LogP contribution in [0.25, 0.3) is 0 Å². The topological polar surface area (TPSA) is 210 Å². The van der Waals surface area contributed by atoms with Gasteiger partial charge < -0.3 is 49.3 Å². The van der Waals surface area contributed by atoms with Crippen molar-refractivity contribution in [2.24, 2.45) is 0 Å². The van der Waals surface area contributed by atoms with E-state index in [-0.39, 0.29) is 57.5 Å². The smallest absolute Gasteiger partial charge is 0.448 e. The SMILES string of the molecule is C.C.C.C.C.C=CC.CB(O)O.CB(O)O.CC.CC.CC.CC.CC.CC.CC(=O)O.CO.COC(C)(F)F.COC(C)=O.COC(C)=O.COC(C)=S.[B]. The molecule has 0 fully saturated rings. The Morgan fingerprint density at radius 2 is 0.661 bits per heavy atom. The fourth-order valence-electron chi connectivity index (χ4n) is 0. The van der Waals surface area contributed by atoms with Crippen LogP contribution >= 0.6 is 12.2 Å². The number of allylic oxidation sites excluding steroid dienone is 1. The molecule has 0 aromatic carbocycles. The van der Waals surface area contributed by atoms with Crippen LogP contribution in [-0.2, 0) is 33.3 Å². The van der Waals surface area contributed by atoms with E-state index in [0.717, 1.165) is 21.1 Å². The van der Waals surface area contributed by atoms with Crippen molar-refractivity contribution in [3.63, 3.8) is 0 Å². The second-order valence-electron chi connectivity index (χ2n) is 5.29. The van der Waals surface area contributed by atoms with Crippen molar-refractivity contribution in [2.45, 2.75) is 182 Å². The van der Waals surface area contributed by atoms with Crippen molar-refractivity contribution in [1.29, 1.82) is 0 Å². The molecular weight excluding hydrogens is 755 g/mol. The highest BCUT2D eigenvalue weighted by Gasteiger charge is 2.17. The fraction of sp³-hybridized carbons (Fsp3) is 0.838. The number of carboxylic acids is 1. The van der Waals surface area contributed by atoms with Crippen LogP contribution in [0.3, 0.4) is 0 Å². The maximum atomic E-state index is 11.2. The van der Waals surface area contributed by atoms with Crippen LogP contribution in [0, 0.1) is 0 Å². The molecule has 0 atom stereocenters. The van der Waals surface area contributed by atoms with Crippen molar-refractivity contribution in [1.82, 2.24) is 0 Å². The van der Waals surface area contributed by atoms with E-state index in [4.69, 9.17) is 35.1 Å². The average Bonchev–Trinajstić information content (AvgIpc) is 3.07. The summed E-state index contributed by atoms with van der Waals surface area (Å²) in [4.78, 5) is 28.2. The number of carbonyl (C=O) groups excluding carboxylic acids is 2. The molecule has 0 heterocycles. The molecule has 0 saturated heterocycles. The first-order valence-corrected chi connectivity index (χ1v) is 16.4. The summed E-state index contributed by atoms with van der Waals surface area (Å²) < 4.78 is 38.8. The molecule has 0 aromatic heterocycles. The average molecular weight is 860 g/mol. The number of carboxylic acid groups (broad SMARTS) is 1. The minimum Gasteiger partial charge on any atom is -0.491 e. The number of rotatable bonds is 1. The number of aliphatic hydroxyl groups excluding tert-OH is 1. The van der Waals surface area contributed by atoms with Crippen LogP contribution < -0.4 is 0 Å². The first-order chi connectivity index (χ1) is 23.0. The molecule has 0 aliphatic carbocycles. The second-order valence-corrected chi connectivity index (χ2v) is 5.86. The van der Waals surface area contributed by atoms with E-state index < -0.39 is 26.3 Å². The number of thiocarbonyl (C=S) groups is 1. The van der Waals surface area contributed by atoms with Crippen molar-refractivity contribution in [3.8, 4) is 0 Å². The maximum absolute atomic E-state index is 11.2. The van der Waals surface area contributed by atoms with Gasteiger partial charge in [-0.2, -0.15) is 8.78 Å². The molecule has 6 N–H and O–H groups in total. The summed E-state index contributed by atoms with van der Waals surface area (Å²) in [5.41, 5.74) is 0. The lowest BCUT2D eigenvalue weighted by Gasteiger charge is -2.03. The molecule has 0 unspecified atom stereocenters. The molecule has 0 aliphatic heterocycles. The van der Waals surface area contributed by atoms with Gasteiger partial charge in [-0.25, -0.2) is 0 Å². The number of hydrogen-bond donors (Lipinski definition) is 6. The molecule has 0 amide bonds. The molecule has 0 bridgehead atoms. The van der Waals surface area contributed by atoms with Gasteiger partial charge in [0, 0.05) is 57.3 Å². The van der Waals surface area contributed by atoms with E-state index in [2.05, 4.69) is 37.7 Å². The molecule has 0 saturated carbocycles. The molecule has 13 nitrogen and oxygen atoms in total. The first kappa shape index (κ1) is 139. The van der Waals surface area contributed by atoms with Gasteiger partial charge in [0.2, 0.25) is 0 Å². The number of alkyl halides is 2. The Hall–Kier alpha value is -2.15. The van der Waals surface area contributed by atoms with Crippen LogP contribution in [0.1, 0.15) is 162 Å². The van der Waals surface area contributed by atoms with Gasteiger partial charge in [0.05, 0.1) is 21.3 Å². The lowest BCUT2D eigenvalue weighted by molar-refractivity contribution is -0.205. The normalized spacial score (nSPS) is 5.50. The van der Waals surface area contributed by atoms with Crippen LogP contribution in [-0.4, -0.2) is 118 Å². The number of carbonyl (C=O) groups is 3. The Balaban J connectivity index is -0.0000000124. The third kappa shape index (κ3) is 2850. The van der Waals surface area contributed by atoms with Crippen LogP contribution in [0.4, 0.5) is 8.78 Å². The highest BCUT2D eigenvalue weighted by Crippen LogP contribution is 2.09. The Morgan fingerprint density at radius 3 is 0.661 bits per heavy atom. The van der Waals surface area contributed by atoms with E-state index in [9.17, 15) is 18.4 Å². The van der Waals surface area contributed by atoms with Crippen LogP contribution in [0.2, 0.25) is 13.6 Å². The number of methoxy groups -OCH3 is 4. The van der Waals surface area contributed by atoms with Crippen molar-refractivity contribution >= 4 is 57.8 Å². The van der Waals surface area contributed by atoms with Crippen molar-refractivity contribution in [3.05, 3.63) is 12.7 Å². The number of hydrogen-bond acceptors (Lipinski definition) is 13. The van der Waals surface area contributed by atoms with Crippen molar-refractivity contribution in [2.75, 3.05) is 35.5 Å². The van der Waals surface area contributed by atoms with E-state index in [1.807, 2.05) is 90.0 Å². The fourth-order valence-corrected chi connectivity index (χ4v) is 0. The van der Waals surface area contributed by atoms with Gasteiger partial charge in [0.15, 0.2) is 5.05 Å². The number of halogens is 2. The zero-order valence-electron chi connectivity index (χ0n) is 37.2. The predicted octanol–water partition coefficient (Wildman–Crippen LogP) is 10.6. The zero-order valence-corrected chi connectivity index (χ0v) is 38.0. The van der Waals surface area contributed by atoms with Gasteiger partial charge in [-0.1, -0.05) is 126 Å². The van der Waals surface area contributed by atoms with E-state index in [1.165, 1.54) is 41.7 Å². The van der Waals surface area contributed by atoms with Gasteiger partial charge in [0.25, 0.3) is 5.97 Å². The quantitative estimate of drug-likeness (QED) is 0.0627. The third-order valence-corrected chi connectivity index (χ3v) is 1.39. The molecule has 56 heavy (non-hydrogen) atoms. The summed E-state index contributed by atoms with van der Waals surface area (Å²) in [6.45, 7) is 38.0. The number of esters is 2. The van der Waals surface area contributed by atoms with Crippen molar-refractivity contribution < 1.29 is 72.4 Å². The molecule has 0 rings (SSSR count). The number of aliphatic hydroxyl groups is 1. The van der Waals surface area contributed by atoms with Gasteiger partial charge in [-0.3, -0.25) is 14.4 Å². The van der Waals surface area contributed by atoms with E-state index in [1.54, 1.807) is 20.1 Å². The van der Waals surface area contributed by atoms with Crippen LogP contribution in [0.15, 0.2) is 12.7 Å².